The molecule has 0 fully saturated rings. The van der Waals surface area contributed by atoms with Crippen LogP contribution in [-0.4, -0.2) is 72.1 Å². The Balaban J connectivity index is 0.000000669. The predicted octanol–water partition coefficient (Wildman–Crippen LogP) is -2.81. The number of aliphatic carboxylic acids is 4. The molecule has 0 bridgehead atoms. The van der Waals surface area contributed by atoms with Gasteiger partial charge in [0.15, 0.2) is 11.5 Å². The number of para-hydroxylation sites is 2. The molecule has 1 aromatic carbocycles. The van der Waals surface area contributed by atoms with E-state index in [0.29, 0.717) is 30.3 Å². The van der Waals surface area contributed by atoms with Crippen molar-refractivity contribution >= 4 is 23.9 Å². The van der Waals surface area contributed by atoms with E-state index in [1.54, 1.807) is 4.90 Å². The first-order valence-corrected chi connectivity index (χ1v) is 11.7. The Morgan fingerprint density at radius 3 is 1.70 bits per heavy atom. The first-order chi connectivity index (χ1) is 17.3. The second kappa shape index (κ2) is 17.5. The summed E-state index contributed by atoms with van der Waals surface area (Å²) in [5.74, 6) is -4.41. The number of likely N-dealkylation sites (N-methyl/N-ethyl adjacent to an activating group) is 1. The fourth-order valence-corrected chi connectivity index (χ4v) is 3.31. The van der Waals surface area contributed by atoms with Gasteiger partial charge in [0.2, 0.25) is 0 Å². The first kappa shape index (κ1) is 33.1. The molecule has 0 saturated carbocycles. The molecule has 1 aliphatic heterocycles. The van der Waals surface area contributed by atoms with Crippen molar-refractivity contribution in [1.82, 2.24) is 0 Å². The summed E-state index contributed by atoms with van der Waals surface area (Å²) in [7, 11) is 0. The highest BCUT2D eigenvalue weighted by Crippen LogP contribution is 2.40. The molecular weight excluding hydrogens is 488 g/mol. The molecule has 0 saturated heterocycles. The molecule has 1 aliphatic rings. The van der Waals surface area contributed by atoms with Gasteiger partial charge in [-0.3, -0.25) is 0 Å². The highest BCUT2D eigenvalue weighted by molar-refractivity contribution is 5.89. The smallest absolute Gasteiger partial charge is 0.328 e. The van der Waals surface area contributed by atoms with Crippen molar-refractivity contribution in [3.8, 4) is 11.5 Å². The van der Waals surface area contributed by atoms with E-state index in [0.717, 1.165) is 24.5 Å². The molecule has 0 aliphatic carbocycles. The number of quaternary nitrogens is 2. The van der Waals surface area contributed by atoms with Gasteiger partial charge >= 0.3 is 11.9 Å². The lowest BCUT2D eigenvalue weighted by atomic mass is 10.1. The Bertz CT molecular complexity index is 850. The molecule has 1 aromatic rings. The lowest BCUT2D eigenvalue weighted by molar-refractivity contribution is -0.910. The minimum atomic E-state index is -1.51. The summed E-state index contributed by atoms with van der Waals surface area (Å²) in [6, 6.07) is 8.39. The van der Waals surface area contributed by atoms with Crippen molar-refractivity contribution in [3.63, 3.8) is 0 Å². The number of hydrogen-bond donors (Lipinski definition) is 4. The van der Waals surface area contributed by atoms with Gasteiger partial charge in [0.25, 0.3) is 5.79 Å². The number of carbonyl (C=O) groups is 4. The standard InChI is InChI=1S/C17H28N2O2.2C4H4O4/c1-5-19(6-2)12-11-18-14(3)13-17(4)20-15-9-7-8-10-16(15)21-17;2*5-3(6)1-2-4(7)8/h7-10,14,18H,5-6,11-13H2,1-4H3;2*1-2H,(H,5,6)(H,7,8)/b;2*2-1-. The Morgan fingerprint density at radius 2 is 1.38 bits per heavy atom. The van der Waals surface area contributed by atoms with Crippen LogP contribution in [0.2, 0.25) is 0 Å². The minimum Gasteiger partial charge on any atom is -0.545 e. The lowest BCUT2D eigenvalue weighted by Crippen LogP contribution is -3.14. The summed E-state index contributed by atoms with van der Waals surface area (Å²) in [4.78, 5) is 39.6. The molecule has 1 heterocycles. The zero-order valence-corrected chi connectivity index (χ0v) is 21.5. The summed E-state index contributed by atoms with van der Waals surface area (Å²) in [6.07, 6.45) is 2.77. The summed E-state index contributed by atoms with van der Waals surface area (Å²) in [5, 5.41) is 36.9. The number of hydrogen-bond acceptors (Lipinski definition) is 8. The van der Waals surface area contributed by atoms with Crippen LogP contribution in [0.1, 0.15) is 34.1 Å². The van der Waals surface area contributed by atoms with Crippen LogP contribution in [0.5, 0.6) is 11.5 Å². The van der Waals surface area contributed by atoms with Crippen LogP contribution in [0.4, 0.5) is 0 Å². The lowest BCUT2D eigenvalue weighted by Gasteiger charge is -2.25. The molecular formula is C25H36N2O10. The second-order valence-electron chi connectivity index (χ2n) is 8.18. The van der Waals surface area contributed by atoms with E-state index in [-0.39, 0.29) is 0 Å². The molecule has 0 amide bonds. The summed E-state index contributed by atoms with van der Waals surface area (Å²) in [5.41, 5.74) is 0. The molecule has 12 heteroatoms. The fraction of sp³-hybridized carbons (Fsp3) is 0.440. The molecule has 1 unspecified atom stereocenters. The summed E-state index contributed by atoms with van der Waals surface area (Å²) >= 11 is 0. The molecule has 2 rings (SSSR count). The van der Waals surface area contributed by atoms with E-state index in [1.807, 2.05) is 31.2 Å². The van der Waals surface area contributed by atoms with Gasteiger partial charge < -0.3 is 49.7 Å². The van der Waals surface area contributed by atoms with E-state index in [2.05, 4.69) is 26.1 Å². The van der Waals surface area contributed by atoms with E-state index in [1.165, 1.54) is 19.6 Å². The first-order valence-electron chi connectivity index (χ1n) is 11.7. The number of ether oxygens (including phenoxy) is 2. The van der Waals surface area contributed by atoms with Gasteiger partial charge in [-0.2, -0.15) is 0 Å². The number of fused-ring (bicyclic) bond motifs is 1. The van der Waals surface area contributed by atoms with E-state index in [4.69, 9.17) is 19.7 Å². The van der Waals surface area contributed by atoms with E-state index in [9.17, 15) is 29.4 Å². The van der Waals surface area contributed by atoms with Crippen molar-refractivity contribution in [2.24, 2.45) is 0 Å². The average molecular weight is 525 g/mol. The molecule has 0 aromatic heterocycles. The van der Waals surface area contributed by atoms with Crippen LogP contribution in [0.3, 0.4) is 0 Å². The van der Waals surface area contributed by atoms with Crippen molar-refractivity contribution in [2.75, 3.05) is 26.2 Å². The normalized spacial score (nSPS) is 13.9. The zero-order chi connectivity index (χ0) is 28.4. The van der Waals surface area contributed by atoms with Gasteiger partial charge in [0, 0.05) is 19.1 Å². The third-order valence-electron chi connectivity index (χ3n) is 4.98. The second-order valence-corrected chi connectivity index (χ2v) is 8.18. The highest BCUT2D eigenvalue weighted by Gasteiger charge is 2.38. The highest BCUT2D eigenvalue weighted by atomic mass is 16.7. The van der Waals surface area contributed by atoms with Gasteiger partial charge in [-0.25, -0.2) is 9.59 Å². The van der Waals surface area contributed by atoms with Crippen molar-refractivity contribution in [3.05, 3.63) is 48.6 Å². The monoisotopic (exact) mass is 524 g/mol. The molecule has 1 atom stereocenters. The van der Waals surface area contributed by atoms with Gasteiger partial charge in [-0.15, -0.1) is 0 Å². The van der Waals surface area contributed by atoms with Crippen molar-refractivity contribution in [1.29, 1.82) is 0 Å². The maximum absolute atomic E-state index is 9.53. The summed E-state index contributed by atoms with van der Waals surface area (Å²) in [6.45, 7) is 13.6. The Kier molecular flexibility index (Phi) is 15.7. The average Bonchev–Trinajstić information content (AvgIpc) is 3.15. The molecule has 5 N–H and O–H groups in total. The number of carboxylic acid groups (broad SMARTS) is 4. The third kappa shape index (κ3) is 16.4. The summed E-state index contributed by atoms with van der Waals surface area (Å²) < 4.78 is 12.0. The fourth-order valence-electron chi connectivity index (χ4n) is 3.31. The van der Waals surface area contributed by atoms with Crippen LogP contribution < -0.4 is 29.9 Å². The van der Waals surface area contributed by atoms with Crippen LogP contribution >= 0.6 is 0 Å². The molecule has 12 nitrogen and oxygen atoms in total. The van der Waals surface area contributed by atoms with Crippen LogP contribution in [0, 0.1) is 0 Å². The Hall–Kier alpha value is -3.90. The van der Waals surface area contributed by atoms with E-state index < -0.39 is 29.7 Å². The quantitative estimate of drug-likeness (QED) is 0.207. The molecule has 37 heavy (non-hydrogen) atoms. The predicted molar refractivity (Wildman–Crippen MR) is 127 cm³/mol. The maximum atomic E-state index is 9.53. The van der Waals surface area contributed by atoms with E-state index >= 15 is 0 Å². The largest absolute Gasteiger partial charge is 0.545 e. The van der Waals surface area contributed by atoms with Crippen LogP contribution in [-0.2, 0) is 19.2 Å². The van der Waals surface area contributed by atoms with Crippen molar-refractivity contribution in [2.45, 2.75) is 45.9 Å². The SMILES string of the molecule is CC[NH+](CC)CC[NH2+]C(C)CC1(C)Oc2ccccc2O1.O=C([O-])/C=C\C(=O)O.O=C([O-])/C=C\C(=O)O. The van der Waals surface area contributed by atoms with Gasteiger partial charge in [-0.05, 0) is 45.1 Å². The number of nitrogens with two attached hydrogens (primary N) is 1. The van der Waals surface area contributed by atoms with Gasteiger partial charge in [0.05, 0.1) is 37.5 Å². The topological polar surface area (TPSA) is 194 Å². The number of benzene rings is 1. The number of nitrogens with one attached hydrogen (secondary N) is 1. The van der Waals surface area contributed by atoms with Gasteiger partial charge in [-0.1, -0.05) is 12.1 Å². The zero-order valence-electron chi connectivity index (χ0n) is 21.5. The minimum absolute atomic E-state index is 0.447. The number of carbonyl (C=O) groups excluding carboxylic acids is 2. The Labute approximate surface area is 215 Å². The Morgan fingerprint density at radius 1 is 0.946 bits per heavy atom. The maximum Gasteiger partial charge on any atom is 0.328 e. The third-order valence-corrected chi connectivity index (χ3v) is 4.98. The van der Waals surface area contributed by atoms with Crippen LogP contribution in [0.15, 0.2) is 48.6 Å². The van der Waals surface area contributed by atoms with Crippen molar-refractivity contribution < 1.29 is 59.3 Å². The molecule has 0 spiro atoms. The van der Waals surface area contributed by atoms with Gasteiger partial charge in [0.1, 0.15) is 13.1 Å². The number of carboxylic acids is 4. The molecule has 0 radical (unpaired) electrons. The van der Waals surface area contributed by atoms with Crippen LogP contribution in [0.25, 0.3) is 0 Å². The number of rotatable bonds is 12. The molecule has 206 valence electrons.